The Hall–Kier alpha value is -2.60. The van der Waals surface area contributed by atoms with Gasteiger partial charge >= 0.3 is 0 Å². The number of nitrogens with zero attached hydrogens (tertiary/aromatic N) is 3. The standard InChI is InChI=1S/C25H28ClN3O3/c26-21-6-4-20(5-7-21)25(11-2-12-25)24(31)29-13-1-3-19-17-27(14-10-22(19)29)23(30)18-8-15-28(32)16-9-18/h4-9,15-16,19,22H,1-3,10-14,17H2/t19-,22+/m1/s1. The topological polar surface area (TPSA) is 67.6 Å². The number of fused-ring (bicyclic) bond motifs is 1. The molecule has 5 rings (SSSR count). The fourth-order valence-corrected chi connectivity index (χ4v) is 5.90. The van der Waals surface area contributed by atoms with E-state index in [-0.39, 0.29) is 17.9 Å². The van der Waals surface area contributed by atoms with E-state index < -0.39 is 5.41 Å². The Kier molecular flexibility index (Phi) is 5.58. The molecule has 3 heterocycles. The first kappa shape index (κ1) is 21.3. The number of carbonyl (C=O) groups is 2. The van der Waals surface area contributed by atoms with Crippen LogP contribution in [0.4, 0.5) is 0 Å². The lowest BCUT2D eigenvalue weighted by Gasteiger charge is -2.52. The minimum atomic E-state index is -0.419. The van der Waals surface area contributed by atoms with Crippen molar-refractivity contribution in [3.63, 3.8) is 0 Å². The predicted octanol–water partition coefficient (Wildman–Crippen LogP) is 3.55. The van der Waals surface area contributed by atoms with Crippen LogP contribution in [0, 0.1) is 11.1 Å². The van der Waals surface area contributed by atoms with Gasteiger partial charge in [-0.1, -0.05) is 30.2 Å². The van der Waals surface area contributed by atoms with Gasteiger partial charge in [0, 0.05) is 42.8 Å². The maximum absolute atomic E-state index is 13.9. The normalized spacial score (nSPS) is 24.4. The number of benzene rings is 1. The molecule has 3 aliphatic rings. The molecule has 1 aromatic carbocycles. The Bertz CT molecular complexity index is 1000. The summed E-state index contributed by atoms with van der Waals surface area (Å²) in [7, 11) is 0. The molecule has 0 unspecified atom stereocenters. The van der Waals surface area contributed by atoms with E-state index in [9.17, 15) is 14.8 Å². The minimum Gasteiger partial charge on any atom is -0.619 e. The van der Waals surface area contributed by atoms with Crippen LogP contribution in [0.2, 0.25) is 5.02 Å². The number of amides is 2. The summed E-state index contributed by atoms with van der Waals surface area (Å²) in [6.45, 7) is 2.09. The number of hydrogen-bond acceptors (Lipinski definition) is 3. The van der Waals surface area contributed by atoms with Crippen molar-refractivity contribution in [2.45, 2.75) is 50.0 Å². The van der Waals surface area contributed by atoms with Crippen molar-refractivity contribution in [2.75, 3.05) is 19.6 Å². The van der Waals surface area contributed by atoms with Crippen molar-refractivity contribution in [2.24, 2.45) is 5.92 Å². The fraction of sp³-hybridized carbons (Fsp3) is 0.480. The van der Waals surface area contributed by atoms with Crippen LogP contribution in [0.25, 0.3) is 0 Å². The molecule has 1 aliphatic carbocycles. The predicted molar refractivity (Wildman–Crippen MR) is 121 cm³/mol. The summed E-state index contributed by atoms with van der Waals surface area (Å²) in [6, 6.07) is 11.1. The number of rotatable bonds is 3. The summed E-state index contributed by atoms with van der Waals surface area (Å²) in [6.07, 6.45) is 8.35. The second-order valence-corrected chi connectivity index (χ2v) is 9.83. The summed E-state index contributed by atoms with van der Waals surface area (Å²) < 4.78 is 0.685. The second kappa shape index (κ2) is 8.39. The van der Waals surface area contributed by atoms with Gasteiger partial charge in [-0.25, -0.2) is 0 Å². The van der Waals surface area contributed by atoms with Gasteiger partial charge in [0.05, 0.1) is 11.0 Å². The van der Waals surface area contributed by atoms with Crippen LogP contribution >= 0.6 is 11.6 Å². The average Bonchev–Trinajstić information content (AvgIpc) is 2.78. The molecule has 3 fully saturated rings. The zero-order chi connectivity index (χ0) is 22.3. The SMILES string of the molecule is O=C(c1cc[n+]([O-])cc1)N1CC[C@H]2[C@H](CCCN2C(=O)C2(c3ccc(Cl)cc3)CCC2)C1. The first-order valence-electron chi connectivity index (χ1n) is 11.5. The zero-order valence-electron chi connectivity index (χ0n) is 18.1. The Morgan fingerprint density at radius 3 is 2.38 bits per heavy atom. The molecule has 0 spiro atoms. The maximum atomic E-state index is 13.9. The lowest BCUT2D eigenvalue weighted by molar-refractivity contribution is -0.605. The van der Waals surface area contributed by atoms with E-state index in [1.807, 2.05) is 29.2 Å². The molecule has 32 heavy (non-hydrogen) atoms. The number of hydrogen-bond donors (Lipinski definition) is 0. The first-order chi connectivity index (χ1) is 15.5. The van der Waals surface area contributed by atoms with Crippen LogP contribution < -0.4 is 4.73 Å². The fourth-order valence-electron chi connectivity index (χ4n) is 5.78. The molecule has 7 heteroatoms. The third-order valence-corrected chi connectivity index (χ3v) is 7.93. The lowest BCUT2D eigenvalue weighted by atomic mass is 9.63. The van der Waals surface area contributed by atoms with E-state index in [1.165, 1.54) is 12.4 Å². The minimum absolute atomic E-state index is 0.0378. The molecule has 0 N–H and O–H groups in total. The van der Waals surface area contributed by atoms with E-state index in [2.05, 4.69) is 4.90 Å². The molecule has 2 saturated heterocycles. The molecule has 2 atom stereocenters. The zero-order valence-corrected chi connectivity index (χ0v) is 18.8. The third-order valence-electron chi connectivity index (χ3n) is 7.68. The molecule has 6 nitrogen and oxygen atoms in total. The highest BCUT2D eigenvalue weighted by Crippen LogP contribution is 2.47. The van der Waals surface area contributed by atoms with E-state index >= 15 is 0 Å². The average molecular weight is 454 g/mol. The van der Waals surface area contributed by atoms with Crippen molar-refractivity contribution in [1.29, 1.82) is 0 Å². The Balaban J connectivity index is 1.32. The van der Waals surface area contributed by atoms with Crippen molar-refractivity contribution in [3.05, 3.63) is 70.1 Å². The van der Waals surface area contributed by atoms with E-state index in [0.29, 0.717) is 34.3 Å². The van der Waals surface area contributed by atoms with E-state index in [1.54, 1.807) is 12.1 Å². The number of aromatic nitrogens is 1. The highest BCUT2D eigenvalue weighted by Gasteiger charge is 2.50. The van der Waals surface area contributed by atoms with Crippen LogP contribution in [-0.4, -0.2) is 47.3 Å². The van der Waals surface area contributed by atoms with Gasteiger partial charge in [0.2, 0.25) is 5.91 Å². The van der Waals surface area contributed by atoms with Crippen molar-refractivity contribution < 1.29 is 14.3 Å². The highest BCUT2D eigenvalue weighted by molar-refractivity contribution is 6.30. The van der Waals surface area contributed by atoms with Gasteiger partial charge < -0.3 is 15.0 Å². The third kappa shape index (κ3) is 3.64. The molecule has 1 aromatic heterocycles. The van der Waals surface area contributed by atoms with Crippen molar-refractivity contribution >= 4 is 23.4 Å². The maximum Gasteiger partial charge on any atom is 0.254 e. The van der Waals surface area contributed by atoms with Crippen molar-refractivity contribution in [3.8, 4) is 0 Å². The van der Waals surface area contributed by atoms with Crippen LogP contribution in [0.1, 0.15) is 54.4 Å². The molecule has 2 amide bonds. The Labute approximate surface area is 193 Å². The number of carbonyl (C=O) groups excluding carboxylic acids is 2. The first-order valence-corrected chi connectivity index (χ1v) is 11.9. The number of piperidine rings is 2. The lowest BCUT2D eigenvalue weighted by Crippen LogP contribution is -2.61. The van der Waals surface area contributed by atoms with Crippen molar-refractivity contribution in [1.82, 2.24) is 9.80 Å². The Morgan fingerprint density at radius 2 is 1.72 bits per heavy atom. The van der Waals surface area contributed by atoms with Gasteiger partial charge in [0.15, 0.2) is 12.4 Å². The summed E-state index contributed by atoms with van der Waals surface area (Å²) >= 11 is 6.09. The molecule has 0 radical (unpaired) electrons. The smallest absolute Gasteiger partial charge is 0.254 e. The van der Waals surface area contributed by atoms with Gasteiger partial charge in [-0.3, -0.25) is 9.59 Å². The van der Waals surface area contributed by atoms with Gasteiger partial charge in [-0.15, -0.1) is 0 Å². The number of halogens is 1. The monoisotopic (exact) mass is 453 g/mol. The largest absolute Gasteiger partial charge is 0.619 e. The van der Waals surface area contributed by atoms with Crippen LogP contribution in [0.5, 0.6) is 0 Å². The molecular weight excluding hydrogens is 426 g/mol. The van der Waals surface area contributed by atoms with Gasteiger partial charge in [-0.05, 0) is 55.7 Å². The molecule has 1 saturated carbocycles. The van der Waals surface area contributed by atoms with Gasteiger partial charge in [-0.2, -0.15) is 4.73 Å². The van der Waals surface area contributed by atoms with Gasteiger partial charge in [0.25, 0.3) is 5.91 Å². The quantitative estimate of drug-likeness (QED) is 0.527. The van der Waals surface area contributed by atoms with E-state index in [0.717, 1.165) is 50.6 Å². The summed E-state index contributed by atoms with van der Waals surface area (Å²) in [4.78, 5) is 30.9. The molecule has 168 valence electrons. The second-order valence-electron chi connectivity index (χ2n) is 9.40. The summed E-state index contributed by atoms with van der Waals surface area (Å²) in [5.41, 5.74) is 1.19. The number of likely N-dealkylation sites (tertiary alicyclic amines) is 2. The highest BCUT2D eigenvalue weighted by atomic mass is 35.5. The van der Waals surface area contributed by atoms with Gasteiger partial charge in [0.1, 0.15) is 0 Å². The molecule has 2 aromatic rings. The van der Waals surface area contributed by atoms with Crippen LogP contribution in [-0.2, 0) is 10.2 Å². The molecular formula is C25H28ClN3O3. The van der Waals surface area contributed by atoms with Crippen LogP contribution in [0.3, 0.4) is 0 Å². The van der Waals surface area contributed by atoms with E-state index in [4.69, 9.17) is 11.6 Å². The summed E-state index contributed by atoms with van der Waals surface area (Å²) in [5, 5.41) is 12.0. The number of pyridine rings is 1. The Morgan fingerprint density at radius 1 is 1.00 bits per heavy atom. The molecule has 0 bridgehead atoms. The summed E-state index contributed by atoms with van der Waals surface area (Å²) in [5.74, 6) is 0.508. The molecule has 2 aliphatic heterocycles. The van der Waals surface area contributed by atoms with Crippen LogP contribution in [0.15, 0.2) is 48.8 Å².